The summed E-state index contributed by atoms with van der Waals surface area (Å²) in [5.41, 5.74) is 1.89. The number of rotatable bonds is 9. The number of nitrogens with one attached hydrogen (secondary N) is 1. The Morgan fingerprint density at radius 1 is 1.00 bits per heavy atom. The molecule has 2 aromatic heterocycles. The summed E-state index contributed by atoms with van der Waals surface area (Å²) in [6, 6.07) is 20.1. The molecule has 2 heterocycles. The van der Waals surface area contributed by atoms with E-state index in [2.05, 4.69) is 15.5 Å². The highest BCUT2D eigenvalue weighted by Gasteiger charge is 2.17. The van der Waals surface area contributed by atoms with Gasteiger partial charge in [-0.2, -0.15) is 0 Å². The van der Waals surface area contributed by atoms with Crippen molar-refractivity contribution in [2.75, 3.05) is 5.75 Å². The fourth-order valence-corrected chi connectivity index (χ4v) is 5.07. The lowest BCUT2D eigenvalue weighted by Gasteiger charge is -2.10. The predicted octanol–water partition coefficient (Wildman–Crippen LogP) is 3.11. The minimum atomic E-state index is -3.74. The molecule has 0 aliphatic carbocycles. The summed E-state index contributed by atoms with van der Waals surface area (Å²) < 4.78 is 24.7. The molecule has 0 fully saturated rings. The first-order chi connectivity index (χ1) is 15.9. The van der Waals surface area contributed by atoms with E-state index in [0.29, 0.717) is 11.7 Å². The Labute approximate surface area is 199 Å². The van der Waals surface area contributed by atoms with Crippen LogP contribution < -0.4 is 10.5 Å². The van der Waals surface area contributed by atoms with Gasteiger partial charge in [-0.1, -0.05) is 60.3 Å². The van der Waals surface area contributed by atoms with Crippen LogP contribution in [0, 0.1) is 0 Å². The molecule has 0 bridgehead atoms. The lowest BCUT2D eigenvalue weighted by molar-refractivity contribution is -0.118. The van der Waals surface area contributed by atoms with Gasteiger partial charge in [0.1, 0.15) is 0 Å². The maximum absolute atomic E-state index is 12.4. The first-order valence-corrected chi connectivity index (χ1v) is 13.3. The molecule has 3 N–H and O–H groups in total. The van der Waals surface area contributed by atoms with Crippen LogP contribution in [0.4, 0.5) is 0 Å². The van der Waals surface area contributed by atoms with E-state index in [0.717, 1.165) is 21.8 Å². The molecule has 0 saturated carbocycles. The third-order valence-electron chi connectivity index (χ3n) is 4.72. The predicted molar refractivity (Wildman–Crippen MR) is 129 cm³/mol. The standard InChI is InChI=1S/C22H21N5O3S3/c23-33(29,30)18-10-8-16(9-11-18)13-24-20(28)15-32-22-26-25-21(19-7-4-12-31-19)27(22)14-17-5-2-1-3-6-17/h1-12H,13-15H2,(H,24,28)(H2,23,29,30). The third kappa shape index (κ3) is 6.08. The number of thiophene rings is 1. The molecule has 0 unspecified atom stereocenters. The quantitative estimate of drug-likeness (QED) is 0.342. The van der Waals surface area contributed by atoms with Crippen molar-refractivity contribution in [3.63, 3.8) is 0 Å². The van der Waals surface area contributed by atoms with Crippen molar-refractivity contribution in [1.29, 1.82) is 0 Å². The van der Waals surface area contributed by atoms with Gasteiger partial charge < -0.3 is 5.32 Å². The Morgan fingerprint density at radius 2 is 1.76 bits per heavy atom. The third-order valence-corrected chi connectivity index (χ3v) is 7.48. The molecule has 11 heteroatoms. The molecule has 1 amide bonds. The Balaban J connectivity index is 1.41. The van der Waals surface area contributed by atoms with Gasteiger partial charge >= 0.3 is 0 Å². The van der Waals surface area contributed by atoms with Gasteiger partial charge in [-0.25, -0.2) is 13.6 Å². The molecule has 0 aliphatic heterocycles. The Bertz CT molecular complexity index is 1320. The van der Waals surface area contributed by atoms with Crippen molar-refractivity contribution in [3.8, 4) is 10.7 Å². The Morgan fingerprint density at radius 3 is 2.42 bits per heavy atom. The van der Waals surface area contributed by atoms with E-state index in [4.69, 9.17) is 5.14 Å². The zero-order valence-corrected chi connectivity index (χ0v) is 19.9. The Kier molecular flexibility index (Phi) is 7.23. The molecule has 0 spiro atoms. The number of amides is 1. The zero-order valence-electron chi connectivity index (χ0n) is 17.4. The SMILES string of the molecule is NS(=O)(=O)c1ccc(CNC(=O)CSc2nnc(-c3cccs3)n2Cc2ccccc2)cc1. The first-order valence-electron chi connectivity index (χ1n) is 9.92. The summed E-state index contributed by atoms with van der Waals surface area (Å²) in [5.74, 6) is 0.779. The van der Waals surface area contributed by atoms with Gasteiger partial charge in [-0.05, 0) is 34.7 Å². The maximum Gasteiger partial charge on any atom is 0.238 e. The van der Waals surface area contributed by atoms with Crippen molar-refractivity contribution in [3.05, 3.63) is 83.2 Å². The molecular formula is C22H21N5O3S3. The molecule has 0 radical (unpaired) electrons. The van der Waals surface area contributed by atoms with Crippen LogP contribution in [0.5, 0.6) is 0 Å². The van der Waals surface area contributed by atoms with Crippen LogP contribution in [0.2, 0.25) is 0 Å². The van der Waals surface area contributed by atoms with E-state index >= 15 is 0 Å². The van der Waals surface area contributed by atoms with E-state index in [-0.39, 0.29) is 23.1 Å². The summed E-state index contributed by atoms with van der Waals surface area (Å²) in [6.45, 7) is 0.878. The monoisotopic (exact) mass is 499 g/mol. The second kappa shape index (κ2) is 10.3. The van der Waals surface area contributed by atoms with Gasteiger partial charge in [-0.3, -0.25) is 9.36 Å². The second-order valence-corrected chi connectivity index (χ2v) is 10.6. The summed E-state index contributed by atoms with van der Waals surface area (Å²) >= 11 is 2.91. The number of hydrogen-bond acceptors (Lipinski definition) is 7. The van der Waals surface area contributed by atoms with Crippen molar-refractivity contribution in [2.45, 2.75) is 23.1 Å². The van der Waals surface area contributed by atoms with Gasteiger partial charge in [0.05, 0.1) is 22.1 Å². The van der Waals surface area contributed by atoms with E-state index in [1.165, 1.54) is 23.9 Å². The topological polar surface area (TPSA) is 120 Å². The van der Waals surface area contributed by atoms with Crippen LogP contribution in [0.3, 0.4) is 0 Å². The van der Waals surface area contributed by atoms with Crippen molar-refractivity contribution in [2.24, 2.45) is 5.14 Å². The number of sulfonamides is 1. The number of nitrogens with two attached hydrogens (primary N) is 1. The normalized spacial score (nSPS) is 11.4. The van der Waals surface area contributed by atoms with Gasteiger partial charge in [0.25, 0.3) is 0 Å². The molecular weight excluding hydrogens is 478 g/mol. The van der Waals surface area contributed by atoms with E-state index in [1.54, 1.807) is 23.5 Å². The summed E-state index contributed by atoms with van der Waals surface area (Å²) in [7, 11) is -3.74. The molecule has 0 aliphatic rings. The fourth-order valence-electron chi connectivity index (χ4n) is 3.07. The van der Waals surface area contributed by atoms with Crippen molar-refractivity contribution < 1.29 is 13.2 Å². The molecule has 4 aromatic rings. The van der Waals surface area contributed by atoms with Crippen molar-refractivity contribution >= 4 is 39.0 Å². The van der Waals surface area contributed by atoms with Crippen molar-refractivity contribution in [1.82, 2.24) is 20.1 Å². The fraction of sp³-hybridized carbons (Fsp3) is 0.136. The zero-order chi connectivity index (χ0) is 23.3. The highest BCUT2D eigenvalue weighted by atomic mass is 32.2. The smallest absolute Gasteiger partial charge is 0.238 e. The average Bonchev–Trinajstić information content (AvgIpc) is 3.47. The van der Waals surface area contributed by atoms with Gasteiger partial charge in [0.15, 0.2) is 11.0 Å². The molecule has 4 rings (SSSR count). The van der Waals surface area contributed by atoms with Gasteiger partial charge in [0.2, 0.25) is 15.9 Å². The second-order valence-electron chi connectivity index (χ2n) is 7.11. The lowest BCUT2D eigenvalue weighted by Crippen LogP contribution is -2.24. The van der Waals surface area contributed by atoms with E-state index in [1.807, 2.05) is 52.4 Å². The number of thioether (sulfide) groups is 1. The summed E-state index contributed by atoms with van der Waals surface area (Å²) in [5, 5.41) is 19.3. The lowest BCUT2D eigenvalue weighted by atomic mass is 10.2. The number of carbonyl (C=O) groups is 1. The van der Waals surface area contributed by atoms with Gasteiger partial charge in [-0.15, -0.1) is 21.5 Å². The summed E-state index contributed by atoms with van der Waals surface area (Å²) in [6.07, 6.45) is 0. The van der Waals surface area contributed by atoms with Crippen LogP contribution >= 0.6 is 23.1 Å². The molecule has 2 aromatic carbocycles. The number of aromatic nitrogens is 3. The van der Waals surface area contributed by atoms with E-state index < -0.39 is 10.0 Å². The Hall–Kier alpha value is -2.99. The highest BCUT2D eigenvalue weighted by molar-refractivity contribution is 7.99. The minimum Gasteiger partial charge on any atom is -0.351 e. The van der Waals surface area contributed by atoms with Crippen LogP contribution in [-0.2, 0) is 27.9 Å². The van der Waals surface area contributed by atoms with E-state index in [9.17, 15) is 13.2 Å². The maximum atomic E-state index is 12.4. The number of primary sulfonamides is 1. The first kappa shape index (κ1) is 23.2. The van der Waals surface area contributed by atoms with Crippen LogP contribution in [0.25, 0.3) is 10.7 Å². The highest BCUT2D eigenvalue weighted by Crippen LogP contribution is 2.28. The largest absolute Gasteiger partial charge is 0.351 e. The molecule has 33 heavy (non-hydrogen) atoms. The average molecular weight is 500 g/mol. The van der Waals surface area contributed by atoms with Crippen LogP contribution in [0.1, 0.15) is 11.1 Å². The molecule has 8 nitrogen and oxygen atoms in total. The summed E-state index contributed by atoms with van der Waals surface area (Å²) in [4.78, 5) is 13.5. The molecule has 170 valence electrons. The number of carbonyl (C=O) groups excluding carboxylic acids is 1. The molecule has 0 atom stereocenters. The van der Waals surface area contributed by atoms with Crippen LogP contribution in [0.15, 0.2) is 82.2 Å². The van der Waals surface area contributed by atoms with Crippen LogP contribution in [-0.4, -0.2) is 34.8 Å². The number of nitrogens with zero attached hydrogens (tertiary/aromatic N) is 3. The molecule has 0 saturated heterocycles. The number of hydrogen-bond donors (Lipinski definition) is 2. The minimum absolute atomic E-state index is 0.0347. The van der Waals surface area contributed by atoms with Gasteiger partial charge in [0, 0.05) is 6.54 Å². The number of benzene rings is 2.